The molecule has 2 heterocycles. The van der Waals surface area contributed by atoms with Crippen LogP contribution in [0.2, 0.25) is 0 Å². The third-order valence-electron chi connectivity index (χ3n) is 7.94. The molecule has 2 aliphatic heterocycles. The van der Waals surface area contributed by atoms with Crippen LogP contribution in [-0.4, -0.2) is 48.9 Å². The van der Waals surface area contributed by atoms with Gasteiger partial charge in [0, 0.05) is 26.7 Å². The van der Waals surface area contributed by atoms with E-state index in [0.717, 1.165) is 23.4 Å². The van der Waals surface area contributed by atoms with E-state index in [9.17, 15) is 14.0 Å². The maximum atomic E-state index is 13.8. The first-order valence-electron chi connectivity index (χ1n) is 13.6. The Hall–Kier alpha value is -3.95. The second-order valence-corrected chi connectivity index (χ2v) is 10.6. The Kier molecular flexibility index (Phi) is 9.39. The van der Waals surface area contributed by atoms with Crippen molar-refractivity contribution in [3.63, 3.8) is 0 Å². The third-order valence-corrected chi connectivity index (χ3v) is 7.94. The van der Waals surface area contributed by atoms with E-state index in [0.29, 0.717) is 38.0 Å². The molecule has 0 radical (unpaired) electrons. The molecule has 4 atom stereocenters. The fourth-order valence-corrected chi connectivity index (χ4v) is 5.92. The van der Waals surface area contributed by atoms with Gasteiger partial charge in [-0.25, -0.2) is 4.39 Å². The SMILES string of the molecule is CNc1ccc(CNC(=O)[C@@H]2C[C@@H](Cc3cccc(F)c3)CN2C(=O)[C@H]2C[C@@H](c3ccccc3)CN2)cc1N.N. The van der Waals surface area contributed by atoms with E-state index in [-0.39, 0.29) is 41.7 Å². The highest BCUT2D eigenvalue weighted by Crippen LogP contribution is 2.31. The third kappa shape index (κ3) is 6.60. The molecule has 9 heteroatoms. The predicted molar refractivity (Wildman–Crippen MR) is 157 cm³/mol. The standard InChI is InChI=1S/C31H36FN5O2.H3N/c1-34-27-11-10-21(14-26(27)33)17-36-30(38)29-15-22(12-20-6-5-9-25(32)13-20)19-37(29)31(39)28-16-24(18-35-28)23-7-3-2-4-8-23;/h2-11,13-14,22,24,28-29,34-35H,12,15-19,33H2,1H3,(H,36,38);1H3/t22-,24-,28-,29+;/m1./s1. The number of nitrogens with two attached hydrogens (primary N) is 1. The maximum absolute atomic E-state index is 13.8. The van der Waals surface area contributed by atoms with Crippen molar-refractivity contribution in [2.45, 2.75) is 43.8 Å². The molecule has 5 rings (SSSR count). The zero-order chi connectivity index (χ0) is 27.4. The summed E-state index contributed by atoms with van der Waals surface area (Å²) in [5.74, 6) is -0.192. The van der Waals surface area contributed by atoms with Crippen molar-refractivity contribution in [2.24, 2.45) is 5.92 Å². The summed E-state index contributed by atoms with van der Waals surface area (Å²) in [7, 11) is 1.81. The second kappa shape index (κ2) is 12.9. The number of benzene rings is 3. The van der Waals surface area contributed by atoms with Crippen molar-refractivity contribution in [3.8, 4) is 0 Å². The Morgan fingerprint density at radius 1 is 1.02 bits per heavy atom. The lowest BCUT2D eigenvalue weighted by Gasteiger charge is -2.27. The monoisotopic (exact) mass is 546 g/mol. The van der Waals surface area contributed by atoms with Gasteiger partial charge < -0.3 is 32.7 Å². The number of likely N-dealkylation sites (tertiary alicyclic amines) is 1. The van der Waals surface area contributed by atoms with Gasteiger partial charge in [-0.15, -0.1) is 0 Å². The number of nitrogen functional groups attached to an aromatic ring is 1. The topological polar surface area (TPSA) is 134 Å². The number of hydrogen-bond donors (Lipinski definition) is 5. The highest BCUT2D eigenvalue weighted by Gasteiger charge is 2.43. The van der Waals surface area contributed by atoms with E-state index in [2.05, 4.69) is 28.1 Å². The minimum absolute atomic E-state index is 0. The quantitative estimate of drug-likeness (QED) is 0.273. The van der Waals surface area contributed by atoms with Crippen LogP contribution in [0.4, 0.5) is 15.8 Å². The smallest absolute Gasteiger partial charge is 0.243 e. The number of anilines is 2. The molecular formula is C31H39FN6O2. The van der Waals surface area contributed by atoms with Crippen LogP contribution < -0.4 is 27.8 Å². The van der Waals surface area contributed by atoms with Crippen molar-refractivity contribution in [3.05, 3.63) is 95.3 Å². The Balaban J connectivity index is 0.00000370. The lowest BCUT2D eigenvalue weighted by Crippen LogP contribution is -2.51. The molecule has 8 N–H and O–H groups in total. The van der Waals surface area contributed by atoms with Gasteiger partial charge in [-0.3, -0.25) is 9.59 Å². The minimum atomic E-state index is -0.581. The highest BCUT2D eigenvalue weighted by atomic mass is 19.1. The van der Waals surface area contributed by atoms with Crippen LogP contribution >= 0.6 is 0 Å². The van der Waals surface area contributed by atoms with Crippen LogP contribution in [0.5, 0.6) is 0 Å². The molecule has 0 bridgehead atoms. The molecule has 8 nitrogen and oxygen atoms in total. The van der Waals surface area contributed by atoms with Crippen LogP contribution in [0.15, 0.2) is 72.8 Å². The summed E-state index contributed by atoms with van der Waals surface area (Å²) in [5, 5.41) is 9.45. The molecule has 0 unspecified atom stereocenters. The van der Waals surface area contributed by atoms with E-state index < -0.39 is 6.04 Å². The normalized spacial score (nSPS) is 22.0. The van der Waals surface area contributed by atoms with Gasteiger partial charge in [-0.05, 0) is 72.1 Å². The molecule has 2 aliphatic rings. The molecule has 212 valence electrons. The number of amides is 2. The average molecular weight is 547 g/mol. The Bertz CT molecular complexity index is 1320. The van der Waals surface area contributed by atoms with Gasteiger partial charge in [-0.2, -0.15) is 0 Å². The molecule has 2 saturated heterocycles. The second-order valence-electron chi connectivity index (χ2n) is 10.6. The summed E-state index contributed by atoms with van der Waals surface area (Å²) in [6.45, 7) is 1.51. The molecule has 3 aromatic rings. The summed E-state index contributed by atoms with van der Waals surface area (Å²) in [6.07, 6.45) is 1.83. The summed E-state index contributed by atoms with van der Waals surface area (Å²) < 4.78 is 13.8. The van der Waals surface area contributed by atoms with Gasteiger partial charge in [0.1, 0.15) is 11.9 Å². The molecule has 2 fully saturated rings. The number of rotatable bonds is 8. The number of nitrogens with one attached hydrogen (secondary N) is 3. The first-order chi connectivity index (χ1) is 18.9. The van der Waals surface area contributed by atoms with Crippen LogP contribution in [0.25, 0.3) is 0 Å². The van der Waals surface area contributed by atoms with Gasteiger partial charge in [0.2, 0.25) is 11.8 Å². The Morgan fingerprint density at radius 2 is 1.82 bits per heavy atom. The largest absolute Gasteiger partial charge is 0.397 e. The number of nitrogens with zero attached hydrogens (tertiary/aromatic N) is 1. The number of hydrogen-bond acceptors (Lipinski definition) is 6. The number of carbonyl (C=O) groups is 2. The van der Waals surface area contributed by atoms with E-state index in [1.165, 1.54) is 17.7 Å². The fourth-order valence-electron chi connectivity index (χ4n) is 5.92. The highest BCUT2D eigenvalue weighted by molar-refractivity contribution is 5.90. The lowest BCUT2D eigenvalue weighted by atomic mass is 9.96. The van der Waals surface area contributed by atoms with Gasteiger partial charge in [0.25, 0.3) is 0 Å². The van der Waals surface area contributed by atoms with Gasteiger partial charge in [0.15, 0.2) is 0 Å². The average Bonchev–Trinajstić information content (AvgIpc) is 3.60. The fraction of sp³-hybridized carbons (Fsp3) is 0.355. The van der Waals surface area contributed by atoms with E-state index >= 15 is 0 Å². The summed E-state index contributed by atoms with van der Waals surface area (Å²) in [6, 6.07) is 21.5. The molecule has 2 amide bonds. The summed E-state index contributed by atoms with van der Waals surface area (Å²) in [5.41, 5.74) is 10.5. The summed E-state index contributed by atoms with van der Waals surface area (Å²) in [4.78, 5) is 29.0. The van der Waals surface area contributed by atoms with Crippen molar-refractivity contribution >= 4 is 23.2 Å². The molecule has 0 aliphatic carbocycles. The van der Waals surface area contributed by atoms with Crippen molar-refractivity contribution in [1.82, 2.24) is 21.7 Å². The maximum Gasteiger partial charge on any atom is 0.243 e. The lowest BCUT2D eigenvalue weighted by molar-refractivity contribution is -0.139. The van der Waals surface area contributed by atoms with Crippen LogP contribution in [0.3, 0.4) is 0 Å². The van der Waals surface area contributed by atoms with Crippen molar-refractivity contribution < 1.29 is 14.0 Å². The van der Waals surface area contributed by atoms with Crippen molar-refractivity contribution in [1.29, 1.82) is 0 Å². The van der Waals surface area contributed by atoms with Crippen molar-refractivity contribution in [2.75, 3.05) is 31.2 Å². The zero-order valence-corrected chi connectivity index (χ0v) is 22.9. The van der Waals surface area contributed by atoms with Gasteiger partial charge in [-0.1, -0.05) is 48.5 Å². The molecule has 40 heavy (non-hydrogen) atoms. The molecule has 3 aromatic carbocycles. The summed E-state index contributed by atoms with van der Waals surface area (Å²) >= 11 is 0. The number of halogens is 1. The minimum Gasteiger partial charge on any atom is -0.397 e. The number of carbonyl (C=O) groups excluding carboxylic acids is 2. The predicted octanol–water partition coefficient (Wildman–Crippen LogP) is 3.83. The van der Waals surface area contributed by atoms with Crippen LogP contribution in [-0.2, 0) is 22.6 Å². The molecule has 0 spiro atoms. The van der Waals surface area contributed by atoms with E-state index in [1.54, 1.807) is 18.0 Å². The van der Waals surface area contributed by atoms with E-state index in [4.69, 9.17) is 5.73 Å². The van der Waals surface area contributed by atoms with Gasteiger partial charge >= 0.3 is 0 Å². The molecule has 0 aromatic heterocycles. The van der Waals surface area contributed by atoms with E-state index in [1.807, 2.05) is 42.5 Å². The van der Waals surface area contributed by atoms with Crippen LogP contribution in [0, 0.1) is 11.7 Å². The molecule has 0 saturated carbocycles. The van der Waals surface area contributed by atoms with Gasteiger partial charge in [0.05, 0.1) is 17.4 Å². The first-order valence-corrected chi connectivity index (χ1v) is 13.6. The zero-order valence-electron chi connectivity index (χ0n) is 22.9. The first kappa shape index (κ1) is 29.0. The Morgan fingerprint density at radius 3 is 2.55 bits per heavy atom. The molecular weight excluding hydrogens is 507 g/mol. The Labute approximate surface area is 235 Å². The van der Waals surface area contributed by atoms with Crippen LogP contribution in [0.1, 0.15) is 35.4 Å².